The summed E-state index contributed by atoms with van der Waals surface area (Å²) < 4.78 is 0.918. The molecule has 0 heterocycles. The van der Waals surface area contributed by atoms with Crippen LogP contribution in [0.15, 0.2) is 46.9 Å². The van der Waals surface area contributed by atoms with Gasteiger partial charge in [0.1, 0.15) is 0 Å². The molecule has 0 atom stereocenters. The first-order chi connectivity index (χ1) is 9.54. The van der Waals surface area contributed by atoms with Crippen molar-refractivity contribution in [1.29, 1.82) is 0 Å². The monoisotopic (exact) mass is 331 g/mol. The molecule has 0 saturated heterocycles. The Morgan fingerprint density at radius 1 is 1.05 bits per heavy atom. The van der Waals surface area contributed by atoms with E-state index in [4.69, 9.17) is 0 Å². The van der Waals surface area contributed by atoms with E-state index in [1.165, 1.54) is 11.1 Å². The smallest absolute Gasteiger partial charge is 0.224 e. The van der Waals surface area contributed by atoms with Crippen LogP contribution in [0, 0.1) is 13.8 Å². The quantitative estimate of drug-likeness (QED) is 0.868. The molecule has 0 aliphatic rings. The molecule has 20 heavy (non-hydrogen) atoms. The van der Waals surface area contributed by atoms with Crippen LogP contribution in [0.5, 0.6) is 0 Å². The van der Waals surface area contributed by atoms with Gasteiger partial charge >= 0.3 is 0 Å². The molecule has 0 saturated carbocycles. The molecule has 3 heteroatoms. The maximum Gasteiger partial charge on any atom is 0.224 e. The zero-order valence-electron chi connectivity index (χ0n) is 11.7. The van der Waals surface area contributed by atoms with Crippen molar-refractivity contribution in [3.05, 3.63) is 63.6 Å². The highest BCUT2D eigenvalue weighted by Gasteiger charge is 2.06. The summed E-state index contributed by atoms with van der Waals surface area (Å²) in [5.74, 6) is 0.0372. The molecule has 2 rings (SSSR count). The average molecular weight is 332 g/mol. The zero-order valence-corrected chi connectivity index (χ0v) is 13.3. The van der Waals surface area contributed by atoms with Crippen molar-refractivity contribution in [3.8, 4) is 0 Å². The standard InChI is InChI=1S/C17H18BrNO/c1-12-3-6-14(7-4-12)8-10-17(20)19-16-9-5-13(2)11-15(16)18/h3-7,9,11H,8,10H2,1-2H3,(H,19,20). The van der Waals surface area contributed by atoms with Crippen molar-refractivity contribution < 1.29 is 4.79 Å². The van der Waals surface area contributed by atoms with E-state index >= 15 is 0 Å². The third-order valence-electron chi connectivity index (χ3n) is 3.16. The van der Waals surface area contributed by atoms with Crippen LogP contribution in [-0.2, 0) is 11.2 Å². The van der Waals surface area contributed by atoms with Crippen molar-refractivity contribution in [3.63, 3.8) is 0 Å². The topological polar surface area (TPSA) is 29.1 Å². The molecule has 2 aromatic carbocycles. The minimum Gasteiger partial charge on any atom is -0.325 e. The van der Waals surface area contributed by atoms with Crippen molar-refractivity contribution >= 4 is 27.5 Å². The molecule has 2 nitrogen and oxygen atoms in total. The Morgan fingerprint density at radius 2 is 1.70 bits per heavy atom. The summed E-state index contributed by atoms with van der Waals surface area (Å²) in [4.78, 5) is 12.0. The van der Waals surface area contributed by atoms with Crippen molar-refractivity contribution in [2.45, 2.75) is 26.7 Å². The number of aryl methyl sites for hydroxylation is 3. The van der Waals surface area contributed by atoms with E-state index in [1.54, 1.807) is 0 Å². The van der Waals surface area contributed by atoms with E-state index < -0.39 is 0 Å². The van der Waals surface area contributed by atoms with E-state index in [2.05, 4.69) is 52.4 Å². The molecule has 104 valence electrons. The third kappa shape index (κ3) is 4.20. The van der Waals surface area contributed by atoms with Gasteiger partial charge in [-0.3, -0.25) is 4.79 Å². The number of carbonyl (C=O) groups excluding carboxylic acids is 1. The van der Waals surface area contributed by atoms with Crippen molar-refractivity contribution in [2.24, 2.45) is 0 Å². The van der Waals surface area contributed by atoms with Crippen LogP contribution < -0.4 is 5.32 Å². The van der Waals surface area contributed by atoms with E-state index in [9.17, 15) is 4.79 Å². The Bertz CT molecular complexity index is 605. The Hall–Kier alpha value is -1.61. The first-order valence-electron chi connectivity index (χ1n) is 6.66. The van der Waals surface area contributed by atoms with Crippen LogP contribution in [0.4, 0.5) is 5.69 Å². The maximum atomic E-state index is 12.0. The van der Waals surface area contributed by atoms with Gasteiger partial charge in [0.05, 0.1) is 5.69 Å². The molecule has 0 bridgehead atoms. The number of hydrogen-bond acceptors (Lipinski definition) is 1. The lowest BCUT2D eigenvalue weighted by Gasteiger charge is -2.08. The van der Waals surface area contributed by atoms with Gasteiger partial charge in [0.15, 0.2) is 0 Å². The summed E-state index contributed by atoms with van der Waals surface area (Å²) in [6.07, 6.45) is 1.25. The second-order valence-corrected chi connectivity index (χ2v) is 5.87. The summed E-state index contributed by atoms with van der Waals surface area (Å²) in [7, 11) is 0. The van der Waals surface area contributed by atoms with Gasteiger partial charge in [-0.25, -0.2) is 0 Å². The largest absolute Gasteiger partial charge is 0.325 e. The number of anilines is 1. The highest BCUT2D eigenvalue weighted by molar-refractivity contribution is 9.10. The van der Waals surface area contributed by atoms with Gasteiger partial charge in [0.2, 0.25) is 5.91 Å². The van der Waals surface area contributed by atoms with Gasteiger partial charge in [-0.05, 0) is 59.5 Å². The third-order valence-corrected chi connectivity index (χ3v) is 3.82. The molecule has 0 aromatic heterocycles. The minimum atomic E-state index is 0.0372. The molecule has 0 aliphatic heterocycles. The van der Waals surface area contributed by atoms with Gasteiger partial charge in [-0.2, -0.15) is 0 Å². The number of hydrogen-bond donors (Lipinski definition) is 1. The predicted octanol–water partition coefficient (Wildman–Crippen LogP) is 4.64. The summed E-state index contributed by atoms with van der Waals surface area (Å²) in [6.45, 7) is 4.08. The number of amides is 1. The summed E-state index contributed by atoms with van der Waals surface area (Å²) in [5, 5.41) is 2.93. The van der Waals surface area contributed by atoms with Crippen LogP contribution in [0.2, 0.25) is 0 Å². The van der Waals surface area contributed by atoms with Gasteiger partial charge in [-0.15, -0.1) is 0 Å². The molecule has 0 unspecified atom stereocenters. The Balaban J connectivity index is 1.90. The number of halogens is 1. The van der Waals surface area contributed by atoms with E-state index in [0.717, 1.165) is 22.1 Å². The Labute approximate surface area is 128 Å². The normalized spacial score (nSPS) is 10.3. The Morgan fingerprint density at radius 3 is 2.35 bits per heavy atom. The van der Waals surface area contributed by atoms with Crippen LogP contribution in [0.1, 0.15) is 23.1 Å². The van der Waals surface area contributed by atoms with Gasteiger partial charge in [-0.1, -0.05) is 35.9 Å². The molecule has 1 N–H and O–H groups in total. The van der Waals surface area contributed by atoms with E-state index in [-0.39, 0.29) is 5.91 Å². The first kappa shape index (κ1) is 14.8. The summed E-state index contributed by atoms with van der Waals surface area (Å²) >= 11 is 3.46. The lowest BCUT2D eigenvalue weighted by atomic mass is 10.1. The zero-order chi connectivity index (χ0) is 14.5. The number of nitrogens with one attached hydrogen (secondary N) is 1. The second kappa shape index (κ2) is 6.71. The van der Waals surface area contributed by atoms with E-state index in [1.807, 2.05) is 25.1 Å². The second-order valence-electron chi connectivity index (χ2n) is 5.02. The average Bonchev–Trinajstić information content (AvgIpc) is 2.41. The lowest BCUT2D eigenvalue weighted by Crippen LogP contribution is -2.12. The number of benzene rings is 2. The van der Waals surface area contributed by atoms with Gasteiger partial charge in [0, 0.05) is 10.9 Å². The molecule has 1 amide bonds. The fourth-order valence-electron chi connectivity index (χ4n) is 1.95. The van der Waals surface area contributed by atoms with Crippen LogP contribution in [-0.4, -0.2) is 5.91 Å². The van der Waals surface area contributed by atoms with Crippen molar-refractivity contribution in [1.82, 2.24) is 0 Å². The van der Waals surface area contributed by atoms with Gasteiger partial charge in [0.25, 0.3) is 0 Å². The first-order valence-corrected chi connectivity index (χ1v) is 7.45. The number of carbonyl (C=O) groups is 1. The highest BCUT2D eigenvalue weighted by Crippen LogP contribution is 2.23. The molecule has 0 radical (unpaired) electrons. The molecule has 2 aromatic rings. The van der Waals surface area contributed by atoms with Crippen LogP contribution in [0.3, 0.4) is 0 Å². The highest BCUT2D eigenvalue weighted by atomic mass is 79.9. The van der Waals surface area contributed by atoms with E-state index in [0.29, 0.717) is 6.42 Å². The van der Waals surface area contributed by atoms with Crippen LogP contribution in [0.25, 0.3) is 0 Å². The molecule has 0 spiro atoms. The SMILES string of the molecule is Cc1ccc(CCC(=O)Nc2ccc(C)cc2Br)cc1. The molecule has 0 aliphatic carbocycles. The summed E-state index contributed by atoms with van der Waals surface area (Å²) in [6, 6.07) is 14.2. The minimum absolute atomic E-state index is 0.0372. The number of rotatable bonds is 4. The lowest BCUT2D eigenvalue weighted by molar-refractivity contribution is -0.116. The fraction of sp³-hybridized carbons (Fsp3) is 0.235. The fourth-order valence-corrected chi connectivity index (χ4v) is 2.54. The molecule has 0 fully saturated rings. The predicted molar refractivity (Wildman–Crippen MR) is 87.0 cm³/mol. The van der Waals surface area contributed by atoms with Crippen molar-refractivity contribution in [2.75, 3.05) is 5.32 Å². The van der Waals surface area contributed by atoms with Crippen LogP contribution >= 0.6 is 15.9 Å². The maximum absolute atomic E-state index is 12.0. The molecular formula is C17H18BrNO. The van der Waals surface area contributed by atoms with Gasteiger partial charge < -0.3 is 5.32 Å². The molecular weight excluding hydrogens is 314 g/mol. The Kier molecular flexibility index (Phi) is 4.96. The summed E-state index contributed by atoms with van der Waals surface area (Å²) in [5.41, 5.74) is 4.41.